The van der Waals surface area contributed by atoms with Crippen LogP contribution >= 0.6 is 0 Å². The Kier molecular flexibility index (Phi) is 15.2. The quantitative estimate of drug-likeness (QED) is 0.115. The second-order valence-electron chi connectivity index (χ2n) is 24.8. The monoisotopic (exact) mass is 1060 g/mol. The fraction of sp³-hybridized carbons (Fsp3) is 0.271. The van der Waals surface area contributed by atoms with Gasteiger partial charge in [-0.15, -0.1) is 0 Å². The highest BCUT2D eigenvalue weighted by Gasteiger charge is 2.40. The van der Waals surface area contributed by atoms with Crippen LogP contribution in [0.15, 0.2) is 193 Å². The molecule has 404 valence electrons. The third-order valence-corrected chi connectivity index (χ3v) is 14.8. The minimum atomic E-state index is -4.56. The lowest BCUT2D eigenvalue weighted by molar-refractivity contribution is -0.137. The zero-order valence-corrected chi connectivity index (χ0v) is 48.2. The van der Waals surface area contributed by atoms with E-state index < -0.39 is 19.0 Å². The summed E-state index contributed by atoms with van der Waals surface area (Å²) in [5, 5.41) is 0. The maximum Gasteiger partial charge on any atom is 0.743 e. The number of aryl methyl sites for hydroxylation is 1. The van der Waals surface area contributed by atoms with Gasteiger partial charge in [0, 0.05) is 33.5 Å². The summed E-state index contributed by atoms with van der Waals surface area (Å²) >= 11 is 0. The van der Waals surface area contributed by atoms with Gasteiger partial charge < -0.3 is 18.5 Å². The summed E-state index contributed by atoms with van der Waals surface area (Å²) in [5.41, 5.74) is 14.2. The number of halogens is 3. The molecule has 0 saturated carbocycles. The molecule has 9 rings (SSSR count). The summed E-state index contributed by atoms with van der Waals surface area (Å²) in [6, 6.07) is 57.2. The largest absolute Gasteiger partial charge is 0.743 e. The van der Waals surface area contributed by atoms with Gasteiger partial charge in [-0.1, -0.05) is 216 Å². The summed E-state index contributed by atoms with van der Waals surface area (Å²) < 4.78 is 65.2. The molecule has 1 aliphatic rings. The van der Waals surface area contributed by atoms with Crippen molar-refractivity contribution in [3.63, 3.8) is 0 Å². The molecule has 5 nitrogen and oxygen atoms in total. The van der Waals surface area contributed by atoms with Crippen LogP contribution in [-0.2, 0) is 27.8 Å². The number of alkyl halides is 3. The van der Waals surface area contributed by atoms with Crippen molar-refractivity contribution in [3.8, 4) is 39.6 Å². The van der Waals surface area contributed by atoms with Crippen molar-refractivity contribution < 1.29 is 27.2 Å². The van der Waals surface area contributed by atoms with Gasteiger partial charge in [0.25, 0.3) is 0 Å². The zero-order chi connectivity index (χ0) is 56.8. The van der Waals surface area contributed by atoms with Crippen molar-refractivity contribution in [1.29, 1.82) is 0 Å². The molecule has 0 bridgehead atoms. The van der Waals surface area contributed by atoms with E-state index in [9.17, 15) is 13.2 Å². The molecule has 2 heterocycles. The van der Waals surface area contributed by atoms with E-state index in [4.69, 9.17) is 19.0 Å². The van der Waals surface area contributed by atoms with Crippen LogP contribution in [0.4, 0.5) is 13.2 Å². The first-order chi connectivity index (χ1) is 37.2. The van der Waals surface area contributed by atoms with Crippen LogP contribution < -0.4 is 14.0 Å². The number of benzene rings is 7. The first-order valence-corrected chi connectivity index (χ1v) is 27.1. The Balaban J connectivity index is 1.47. The Labute approximate surface area is 466 Å². The Morgan fingerprint density at radius 3 is 1.35 bits per heavy atom. The zero-order valence-electron chi connectivity index (χ0n) is 48.2. The lowest BCUT2D eigenvalue weighted by Crippen LogP contribution is -2.40. The lowest BCUT2D eigenvalue weighted by Gasteiger charge is -2.25. The Morgan fingerprint density at radius 2 is 0.899 bits per heavy atom. The molecule has 7 aromatic carbocycles. The fourth-order valence-electron chi connectivity index (χ4n) is 9.92. The number of methoxy groups -OCH3 is 1. The smallest absolute Gasteiger partial charge is 0.507 e. The van der Waals surface area contributed by atoms with Gasteiger partial charge >= 0.3 is 13.4 Å². The molecule has 0 N–H and O–H groups in total. The van der Waals surface area contributed by atoms with Crippen molar-refractivity contribution in [3.05, 3.63) is 243 Å². The van der Waals surface area contributed by atoms with Crippen LogP contribution in [0.2, 0.25) is 0 Å². The average molecular weight is 1060 g/mol. The van der Waals surface area contributed by atoms with Crippen molar-refractivity contribution in [2.75, 3.05) is 7.11 Å². The molecule has 0 amide bonds. The van der Waals surface area contributed by atoms with Gasteiger partial charge in [0.2, 0.25) is 0 Å². The van der Waals surface area contributed by atoms with E-state index >= 15 is 0 Å². The number of allylic oxidation sites excluding steroid dienone is 2. The first-order valence-electron chi connectivity index (χ1n) is 27.1. The van der Waals surface area contributed by atoms with Gasteiger partial charge in [0.1, 0.15) is 17.2 Å². The molecule has 1 aliphatic heterocycles. The van der Waals surface area contributed by atoms with Crippen LogP contribution in [0, 0.1) is 6.92 Å². The highest BCUT2D eigenvalue weighted by molar-refractivity contribution is 6.46. The summed E-state index contributed by atoms with van der Waals surface area (Å²) in [5.74, 6) is 1.25. The van der Waals surface area contributed by atoms with Crippen molar-refractivity contribution in [2.24, 2.45) is 4.99 Å². The predicted molar refractivity (Wildman–Crippen MR) is 322 cm³/mol. The van der Waals surface area contributed by atoms with E-state index in [0.717, 1.165) is 79.2 Å². The second kappa shape index (κ2) is 21.5. The normalized spacial score (nSPS) is 13.9. The van der Waals surface area contributed by atoms with E-state index in [2.05, 4.69) is 203 Å². The highest BCUT2D eigenvalue weighted by Crippen LogP contribution is 2.48. The van der Waals surface area contributed by atoms with Gasteiger partial charge in [0.15, 0.2) is 0 Å². The van der Waals surface area contributed by atoms with Gasteiger partial charge in [-0.3, -0.25) is 0 Å². The molecule has 0 atom stereocenters. The number of ether oxygens (including phenoxy) is 1. The third kappa shape index (κ3) is 12.3. The van der Waals surface area contributed by atoms with Crippen LogP contribution in [-0.4, -0.2) is 24.6 Å². The number of nitrogens with zero attached hydrogens (tertiary/aromatic N) is 2. The summed E-state index contributed by atoms with van der Waals surface area (Å²) in [4.78, 5) is 5.77. The van der Waals surface area contributed by atoms with E-state index in [1.54, 1.807) is 7.11 Å². The third-order valence-electron chi connectivity index (χ3n) is 14.8. The predicted octanol–water partition coefficient (Wildman–Crippen LogP) is 18.7. The molecule has 8 aromatic rings. The molecule has 0 fully saturated rings. The van der Waals surface area contributed by atoms with Crippen molar-refractivity contribution >= 4 is 24.1 Å². The van der Waals surface area contributed by atoms with Gasteiger partial charge in [-0.05, 0) is 122 Å². The van der Waals surface area contributed by atoms with E-state index in [-0.39, 0.29) is 27.4 Å². The maximum absolute atomic E-state index is 14.2. The standard InChI is InChI=1S/C70H72BF3N2O3/c1-45-19-39-55(40-20-45)78-71(79-56-41-37-54(38-42-56)70(72,73)74)76-61(49-27-35-53(36-28-49)69(11,12)13)44-59(47-23-31-51(32-24-47)67(5,6)7)65(76)63(57-17-15-16-18-62(57)77-14)64-58(46-21-29-50(30-22-46)66(2,3)4)43-60(75-64)48-25-33-52(34-26-48)68(8,9)10/h15-44H,1-14H3/b64-63-. The number of rotatable bonds is 12. The second-order valence-corrected chi connectivity index (χ2v) is 24.8. The summed E-state index contributed by atoms with van der Waals surface area (Å²) in [6.07, 6.45) is -2.38. The number of hydrogen-bond donors (Lipinski definition) is 0. The highest BCUT2D eigenvalue weighted by atomic mass is 19.4. The maximum atomic E-state index is 14.2. The van der Waals surface area contributed by atoms with Crippen LogP contribution in [0.5, 0.6) is 17.2 Å². The molecular weight excluding hydrogens is 985 g/mol. The van der Waals surface area contributed by atoms with Crippen molar-refractivity contribution in [2.45, 2.75) is 118 Å². The van der Waals surface area contributed by atoms with E-state index in [1.807, 2.05) is 49.4 Å². The van der Waals surface area contributed by atoms with Crippen molar-refractivity contribution in [1.82, 2.24) is 4.48 Å². The minimum Gasteiger partial charge on any atom is -0.507 e. The van der Waals surface area contributed by atoms with E-state index in [1.165, 1.54) is 23.3 Å². The Bertz CT molecular complexity index is 3560. The number of aliphatic imine (C=N–C) groups is 1. The average Bonchev–Trinajstić information content (AvgIpc) is 4.22. The lowest BCUT2D eigenvalue weighted by atomic mass is 9.84. The topological polar surface area (TPSA) is 45.0 Å². The van der Waals surface area contributed by atoms with Crippen LogP contribution in [0.25, 0.3) is 33.5 Å². The molecule has 1 aromatic heterocycles. The van der Waals surface area contributed by atoms with E-state index in [0.29, 0.717) is 28.5 Å². The molecule has 0 unspecified atom stereocenters. The summed E-state index contributed by atoms with van der Waals surface area (Å²) in [6.45, 7) is 28.4. The van der Waals surface area contributed by atoms with Gasteiger partial charge in [-0.25, -0.2) is 4.99 Å². The first kappa shape index (κ1) is 56.0. The molecular formula is C70H72BF3N2O3. The summed E-state index contributed by atoms with van der Waals surface area (Å²) in [7, 11) is 0.334. The molecule has 0 radical (unpaired) electrons. The fourth-order valence-corrected chi connectivity index (χ4v) is 9.92. The Morgan fingerprint density at radius 1 is 0.481 bits per heavy atom. The molecule has 79 heavy (non-hydrogen) atoms. The van der Waals surface area contributed by atoms with Gasteiger partial charge in [-0.2, -0.15) is 13.2 Å². The number of hydrogen-bond acceptors (Lipinski definition) is 4. The molecule has 9 heteroatoms. The molecule has 0 spiro atoms. The molecule has 0 saturated heterocycles. The van der Waals surface area contributed by atoms with Gasteiger partial charge in [0.05, 0.1) is 29.8 Å². The minimum absolute atomic E-state index is 0.0643. The number of para-hydroxylation sites is 1. The number of aromatic nitrogens is 1. The molecule has 0 aliphatic carbocycles. The SMILES string of the molecule is COc1ccccc1/C(=C1/N=C(c2ccc(C(C)(C)C)cc2)C=C1c1ccc(C(C)(C)C)cc1)c1c(-c2ccc(C(C)(C)C)cc2)cc(-c2ccc(C(C)(C)C)cc2)n1B(Oc1ccc(C)cc1)Oc1ccc(C(F)(F)F)cc1. The van der Waals surface area contributed by atoms with Crippen LogP contribution in [0.1, 0.15) is 139 Å². The Hall–Kier alpha value is -7.78. The van der Waals surface area contributed by atoms with Crippen LogP contribution in [0.3, 0.4) is 0 Å².